The Kier molecular flexibility index (Phi) is 4.94. The van der Waals surface area contributed by atoms with Gasteiger partial charge in [-0.1, -0.05) is 17.7 Å². The van der Waals surface area contributed by atoms with Gasteiger partial charge < -0.3 is 5.32 Å². The number of nitrogens with one attached hydrogen (secondary N) is 1. The molecule has 2 rings (SSSR count). The first-order chi connectivity index (χ1) is 9.88. The molecule has 0 amide bonds. The predicted molar refractivity (Wildman–Crippen MR) is 84.5 cm³/mol. The standard InChI is InChI=1S/C13H8ClF2IN2O2/c14-8-3-7(1-2-9(8)15)6-18-12-4-10(16)11(17)5-13(12)19(20)21/h1-5,18H,6H2. The summed E-state index contributed by atoms with van der Waals surface area (Å²) in [5, 5.41) is 13.7. The maximum Gasteiger partial charge on any atom is 0.293 e. The minimum atomic E-state index is -0.596. The van der Waals surface area contributed by atoms with Crippen LogP contribution in [0.15, 0.2) is 30.3 Å². The van der Waals surface area contributed by atoms with E-state index < -0.39 is 16.6 Å². The van der Waals surface area contributed by atoms with Gasteiger partial charge in [0.1, 0.15) is 17.3 Å². The summed E-state index contributed by atoms with van der Waals surface area (Å²) in [4.78, 5) is 10.4. The number of anilines is 1. The highest BCUT2D eigenvalue weighted by atomic mass is 127. The molecule has 0 saturated heterocycles. The highest BCUT2D eigenvalue weighted by Gasteiger charge is 2.17. The Hall–Kier alpha value is -1.48. The SMILES string of the molecule is O=[N+]([O-])c1cc(I)c(F)cc1NCc1ccc(F)c(Cl)c1. The minimum Gasteiger partial charge on any atom is -0.375 e. The van der Waals surface area contributed by atoms with Gasteiger partial charge in [0.2, 0.25) is 0 Å². The van der Waals surface area contributed by atoms with Gasteiger partial charge in [-0.05, 0) is 40.3 Å². The molecule has 2 aromatic carbocycles. The molecule has 0 radical (unpaired) electrons. The summed E-state index contributed by atoms with van der Waals surface area (Å²) in [6, 6.07) is 6.30. The van der Waals surface area contributed by atoms with Crippen molar-refractivity contribution in [3.05, 3.63) is 66.2 Å². The molecule has 0 saturated carbocycles. The van der Waals surface area contributed by atoms with Crippen LogP contribution in [0.25, 0.3) is 0 Å². The lowest BCUT2D eigenvalue weighted by Gasteiger charge is -2.09. The average molecular weight is 425 g/mol. The summed E-state index contributed by atoms with van der Waals surface area (Å²) in [6.45, 7) is 0.154. The number of nitro groups is 1. The molecule has 8 heteroatoms. The minimum absolute atomic E-state index is 0.0439. The third kappa shape index (κ3) is 3.79. The molecule has 2 aromatic rings. The fourth-order valence-corrected chi connectivity index (χ4v) is 2.33. The Morgan fingerprint density at radius 1 is 1.24 bits per heavy atom. The van der Waals surface area contributed by atoms with Gasteiger partial charge in [0.15, 0.2) is 0 Å². The second-order valence-corrected chi connectivity index (χ2v) is 5.71. The number of rotatable bonds is 4. The first-order valence-corrected chi connectivity index (χ1v) is 7.15. The smallest absolute Gasteiger partial charge is 0.293 e. The molecule has 4 nitrogen and oxygen atoms in total. The lowest BCUT2D eigenvalue weighted by molar-refractivity contribution is -0.384. The summed E-state index contributed by atoms with van der Waals surface area (Å²) < 4.78 is 26.7. The Morgan fingerprint density at radius 3 is 2.57 bits per heavy atom. The summed E-state index contributed by atoms with van der Waals surface area (Å²) >= 11 is 7.33. The molecular formula is C13H8ClF2IN2O2. The van der Waals surface area contributed by atoms with Crippen LogP contribution in [0.5, 0.6) is 0 Å². The summed E-state index contributed by atoms with van der Waals surface area (Å²) in [6.07, 6.45) is 0. The number of nitro benzene ring substituents is 1. The molecule has 0 unspecified atom stereocenters. The van der Waals surface area contributed by atoms with Crippen LogP contribution in [0.4, 0.5) is 20.2 Å². The van der Waals surface area contributed by atoms with Gasteiger partial charge in [-0.15, -0.1) is 0 Å². The predicted octanol–water partition coefficient (Wildman–Crippen LogP) is 4.74. The Bertz CT molecular complexity index is 713. The van der Waals surface area contributed by atoms with Crippen molar-refractivity contribution in [2.75, 3.05) is 5.32 Å². The zero-order valence-corrected chi connectivity index (χ0v) is 13.3. The lowest BCUT2D eigenvalue weighted by atomic mass is 10.2. The molecule has 0 aliphatic rings. The number of halogens is 4. The van der Waals surface area contributed by atoms with Crippen LogP contribution in [0.3, 0.4) is 0 Å². The van der Waals surface area contributed by atoms with E-state index in [-0.39, 0.29) is 26.5 Å². The van der Waals surface area contributed by atoms with E-state index in [1.807, 2.05) is 0 Å². The van der Waals surface area contributed by atoms with E-state index >= 15 is 0 Å². The van der Waals surface area contributed by atoms with E-state index in [4.69, 9.17) is 11.6 Å². The molecule has 0 bridgehead atoms. The van der Waals surface area contributed by atoms with Crippen molar-refractivity contribution in [2.45, 2.75) is 6.54 Å². The van der Waals surface area contributed by atoms with Crippen molar-refractivity contribution in [3.8, 4) is 0 Å². The topological polar surface area (TPSA) is 55.2 Å². The van der Waals surface area contributed by atoms with Crippen LogP contribution < -0.4 is 5.32 Å². The van der Waals surface area contributed by atoms with Crippen LogP contribution in [0.2, 0.25) is 5.02 Å². The van der Waals surface area contributed by atoms with E-state index in [0.29, 0.717) is 5.56 Å². The molecule has 0 spiro atoms. The lowest BCUT2D eigenvalue weighted by Crippen LogP contribution is -2.04. The van der Waals surface area contributed by atoms with E-state index in [1.165, 1.54) is 18.2 Å². The summed E-state index contributed by atoms with van der Waals surface area (Å²) in [7, 11) is 0. The number of benzene rings is 2. The number of nitrogens with zero attached hydrogens (tertiary/aromatic N) is 1. The van der Waals surface area contributed by atoms with E-state index in [1.54, 1.807) is 22.6 Å². The van der Waals surface area contributed by atoms with Gasteiger partial charge in [-0.25, -0.2) is 8.78 Å². The molecular weight excluding hydrogens is 417 g/mol. The second kappa shape index (κ2) is 6.52. The third-order valence-electron chi connectivity index (χ3n) is 2.70. The van der Waals surface area contributed by atoms with Crippen LogP contribution in [-0.4, -0.2) is 4.92 Å². The second-order valence-electron chi connectivity index (χ2n) is 4.14. The molecule has 0 aliphatic carbocycles. The van der Waals surface area contributed by atoms with E-state index in [2.05, 4.69) is 5.32 Å². The third-order valence-corrected chi connectivity index (χ3v) is 3.82. The van der Waals surface area contributed by atoms with E-state index in [9.17, 15) is 18.9 Å². The largest absolute Gasteiger partial charge is 0.375 e. The highest BCUT2D eigenvalue weighted by Crippen LogP contribution is 2.29. The molecule has 21 heavy (non-hydrogen) atoms. The maximum absolute atomic E-state index is 13.5. The van der Waals surface area contributed by atoms with Crippen molar-refractivity contribution in [2.24, 2.45) is 0 Å². The maximum atomic E-state index is 13.5. The molecule has 1 N–H and O–H groups in total. The summed E-state index contributed by atoms with van der Waals surface area (Å²) in [5.41, 5.74) is 0.446. The van der Waals surface area contributed by atoms with Crippen molar-refractivity contribution in [1.82, 2.24) is 0 Å². The number of hydrogen-bond donors (Lipinski definition) is 1. The van der Waals surface area contributed by atoms with Crippen molar-refractivity contribution in [3.63, 3.8) is 0 Å². The fraction of sp³-hybridized carbons (Fsp3) is 0.0769. The Labute approximate surface area is 137 Å². The van der Waals surface area contributed by atoms with Gasteiger partial charge in [0.05, 0.1) is 13.5 Å². The molecule has 0 aliphatic heterocycles. The molecule has 0 heterocycles. The normalized spacial score (nSPS) is 10.5. The van der Waals surface area contributed by atoms with Gasteiger partial charge in [0, 0.05) is 18.7 Å². The van der Waals surface area contributed by atoms with Crippen LogP contribution in [0, 0.1) is 25.3 Å². The van der Waals surface area contributed by atoms with E-state index in [0.717, 1.165) is 12.1 Å². The first-order valence-electron chi connectivity index (χ1n) is 5.69. The molecule has 0 fully saturated rings. The van der Waals surface area contributed by atoms with Gasteiger partial charge in [-0.2, -0.15) is 0 Å². The summed E-state index contributed by atoms with van der Waals surface area (Å²) in [5.74, 6) is -1.10. The van der Waals surface area contributed by atoms with Gasteiger partial charge in [0.25, 0.3) is 5.69 Å². The van der Waals surface area contributed by atoms with Gasteiger partial charge in [-0.3, -0.25) is 10.1 Å². The molecule has 0 aromatic heterocycles. The van der Waals surface area contributed by atoms with Crippen LogP contribution in [-0.2, 0) is 6.54 Å². The van der Waals surface area contributed by atoms with Crippen LogP contribution >= 0.6 is 34.2 Å². The van der Waals surface area contributed by atoms with Crippen molar-refractivity contribution in [1.29, 1.82) is 0 Å². The molecule has 0 atom stereocenters. The Balaban J connectivity index is 2.24. The Morgan fingerprint density at radius 2 is 1.95 bits per heavy atom. The van der Waals surface area contributed by atoms with Crippen LogP contribution in [0.1, 0.15) is 5.56 Å². The fourth-order valence-electron chi connectivity index (χ4n) is 1.68. The zero-order valence-electron chi connectivity index (χ0n) is 10.4. The highest BCUT2D eigenvalue weighted by molar-refractivity contribution is 14.1. The van der Waals surface area contributed by atoms with Crippen molar-refractivity contribution < 1.29 is 13.7 Å². The monoisotopic (exact) mass is 424 g/mol. The number of hydrogen-bond acceptors (Lipinski definition) is 3. The first kappa shape index (κ1) is 15.9. The molecule has 110 valence electrons. The average Bonchev–Trinajstić information content (AvgIpc) is 2.43. The zero-order chi connectivity index (χ0) is 15.6. The quantitative estimate of drug-likeness (QED) is 0.438. The van der Waals surface area contributed by atoms with Gasteiger partial charge >= 0.3 is 0 Å². The van der Waals surface area contributed by atoms with Crippen molar-refractivity contribution >= 4 is 45.6 Å².